The van der Waals surface area contributed by atoms with E-state index in [1.54, 1.807) is 20.8 Å². The summed E-state index contributed by atoms with van der Waals surface area (Å²) >= 11 is 0. The monoisotopic (exact) mass is 400 g/mol. The smallest absolute Gasteiger partial charge is 0.408 e. The average Bonchev–Trinajstić information content (AvgIpc) is 3.32. The number of methoxy groups -OCH3 is 1. The zero-order chi connectivity index (χ0) is 21.4. The second kappa shape index (κ2) is 10.8. The van der Waals surface area contributed by atoms with Crippen molar-refractivity contribution in [1.29, 1.82) is 0 Å². The van der Waals surface area contributed by atoms with Gasteiger partial charge in [0.2, 0.25) is 5.91 Å². The zero-order valence-electron chi connectivity index (χ0n) is 17.2. The molecule has 29 heavy (non-hydrogen) atoms. The minimum absolute atomic E-state index is 0.266. The van der Waals surface area contributed by atoms with Gasteiger partial charge in [0, 0.05) is 0 Å². The number of ether oxygens (including phenoxy) is 2. The van der Waals surface area contributed by atoms with E-state index in [9.17, 15) is 14.4 Å². The predicted octanol–water partition coefficient (Wildman–Crippen LogP) is 2.13. The lowest BCUT2D eigenvalue weighted by molar-refractivity contribution is -0.145. The lowest BCUT2D eigenvalue weighted by atomic mass is 9.96. The molecule has 156 valence electrons. The molecule has 0 aliphatic heterocycles. The van der Waals surface area contributed by atoms with E-state index in [0.717, 1.165) is 11.8 Å². The molecule has 2 rings (SSSR count). The van der Waals surface area contributed by atoms with Crippen molar-refractivity contribution in [2.45, 2.75) is 51.3 Å². The Morgan fingerprint density at radius 3 is 1.79 bits per heavy atom. The maximum Gasteiger partial charge on any atom is 0.408 e. The molecule has 2 fully saturated rings. The molecule has 10 radical (unpaired) electrons. The number of esters is 1. The summed E-state index contributed by atoms with van der Waals surface area (Å²) in [5, 5.41) is 5.31. The number of nitrogens with one attached hydrogen (secondary N) is 2. The molecule has 2 atom stereocenters. The van der Waals surface area contributed by atoms with Crippen molar-refractivity contribution in [2.75, 3.05) is 7.11 Å². The van der Waals surface area contributed by atoms with Crippen molar-refractivity contribution in [1.82, 2.24) is 10.6 Å². The van der Waals surface area contributed by atoms with Crippen LogP contribution in [0, 0.1) is 63.2 Å². The summed E-state index contributed by atoms with van der Waals surface area (Å²) < 4.78 is 10.1. The van der Waals surface area contributed by atoms with Gasteiger partial charge >= 0.3 is 12.1 Å². The van der Waals surface area contributed by atoms with E-state index in [2.05, 4.69) is 10.6 Å². The van der Waals surface area contributed by atoms with Gasteiger partial charge in [0.25, 0.3) is 0 Å². The standard InChI is InChI=1S/C22H28N2O5/c1-22(2,3)29-21(27)24-17(13-15-9-5-6-10-15)19(25)23-18(20(26)28-4)14-16-11-7-8-12-16/h5-12,17-18H,13-14H2,1-4H3,(H,23,25)(H,24,27)/t17-,18-/m1/s1. The van der Waals surface area contributed by atoms with Crippen LogP contribution in [0.3, 0.4) is 0 Å². The number of hydrogen-bond donors (Lipinski definition) is 2. The highest BCUT2D eigenvalue weighted by Crippen LogP contribution is 2.29. The first-order valence-electron chi connectivity index (χ1n) is 9.47. The average molecular weight is 400 g/mol. The summed E-state index contributed by atoms with van der Waals surface area (Å²) in [4.78, 5) is 37.3. The Morgan fingerprint density at radius 1 is 0.862 bits per heavy atom. The Labute approximate surface area is 174 Å². The molecule has 2 amide bonds. The van der Waals surface area contributed by atoms with Gasteiger partial charge in [0.05, 0.1) is 7.11 Å². The van der Waals surface area contributed by atoms with Gasteiger partial charge in [-0.2, -0.15) is 0 Å². The van der Waals surface area contributed by atoms with Crippen molar-refractivity contribution in [2.24, 2.45) is 0 Å². The number of carbonyl (C=O) groups is 3. The lowest BCUT2D eigenvalue weighted by Gasteiger charge is -2.26. The Kier molecular flexibility index (Phi) is 8.78. The number of hydrogen-bond acceptors (Lipinski definition) is 5. The molecule has 0 heterocycles. The van der Waals surface area contributed by atoms with E-state index >= 15 is 0 Å². The van der Waals surface area contributed by atoms with Gasteiger partial charge in [0.1, 0.15) is 17.7 Å². The fourth-order valence-corrected chi connectivity index (χ4v) is 2.84. The Hall–Kier alpha value is -1.79. The Morgan fingerprint density at radius 2 is 1.34 bits per heavy atom. The Bertz CT molecular complexity index is 560. The summed E-state index contributed by atoms with van der Waals surface area (Å²) in [6, 6.07) is -1.77. The van der Waals surface area contributed by atoms with Crippen LogP contribution < -0.4 is 10.6 Å². The van der Waals surface area contributed by atoms with Gasteiger partial charge in [-0.05, 0) is 96.8 Å². The van der Waals surface area contributed by atoms with Crippen LogP contribution in [0.5, 0.6) is 0 Å². The summed E-state index contributed by atoms with van der Waals surface area (Å²) in [5.41, 5.74) is -0.697. The SMILES string of the molecule is COC(=O)[C@@H](C[C]1[CH][CH][CH][CH]1)NC(=O)[C@@H](C[C]1[CH][CH][CH][CH]1)NC(=O)OC(C)(C)C. The van der Waals surface area contributed by atoms with Crippen molar-refractivity contribution >= 4 is 18.0 Å². The molecular weight excluding hydrogens is 372 g/mol. The molecule has 2 saturated carbocycles. The van der Waals surface area contributed by atoms with Crippen molar-refractivity contribution < 1.29 is 23.9 Å². The summed E-state index contributed by atoms with van der Waals surface area (Å²) in [7, 11) is 1.27. The summed E-state index contributed by atoms with van der Waals surface area (Å²) in [6.07, 6.45) is 14.7. The van der Waals surface area contributed by atoms with Crippen LogP contribution in [-0.2, 0) is 19.1 Å². The van der Waals surface area contributed by atoms with Gasteiger partial charge in [-0.3, -0.25) is 4.79 Å². The largest absolute Gasteiger partial charge is 0.467 e. The molecule has 7 heteroatoms. The van der Waals surface area contributed by atoms with Gasteiger partial charge < -0.3 is 20.1 Å². The lowest BCUT2D eigenvalue weighted by Crippen LogP contribution is -2.53. The predicted molar refractivity (Wildman–Crippen MR) is 107 cm³/mol. The third-order valence-electron chi connectivity index (χ3n) is 4.15. The normalized spacial score (nSPS) is 20.1. The van der Waals surface area contributed by atoms with Crippen LogP contribution in [0.4, 0.5) is 4.79 Å². The third kappa shape index (κ3) is 8.23. The fourth-order valence-electron chi connectivity index (χ4n) is 2.84. The molecule has 0 bridgehead atoms. The second-order valence-electron chi connectivity index (χ2n) is 7.78. The quantitative estimate of drug-likeness (QED) is 0.609. The third-order valence-corrected chi connectivity index (χ3v) is 4.15. The molecule has 0 aromatic heterocycles. The molecule has 0 aromatic rings. The van der Waals surface area contributed by atoms with Gasteiger partial charge in [-0.25, -0.2) is 9.59 Å². The highest BCUT2D eigenvalue weighted by molar-refractivity contribution is 5.90. The van der Waals surface area contributed by atoms with Crippen LogP contribution in [-0.4, -0.2) is 42.8 Å². The molecule has 0 aromatic carbocycles. The first-order chi connectivity index (χ1) is 13.7. The molecule has 7 nitrogen and oxygen atoms in total. The number of amides is 2. The molecule has 0 saturated heterocycles. The maximum absolute atomic E-state index is 12.9. The van der Waals surface area contributed by atoms with E-state index in [-0.39, 0.29) is 6.42 Å². The zero-order valence-corrected chi connectivity index (χ0v) is 17.2. The highest BCUT2D eigenvalue weighted by Gasteiger charge is 2.33. The maximum atomic E-state index is 12.9. The van der Waals surface area contributed by atoms with E-state index in [1.807, 2.05) is 51.4 Å². The first kappa shape index (κ1) is 23.5. The Balaban J connectivity index is 2.03. The van der Waals surface area contributed by atoms with E-state index < -0.39 is 35.7 Å². The molecule has 2 aliphatic carbocycles. The molecule has 0 spiro atoms. The summed E-state index contributed by atoms with van der Waals surface area (Å²) in [6.45, 7) is 5.23. The van der Waals surface area contributed by atoms with Crippen LogP contribution in [0.15, 0.2) is 0 Å². The topological polar surface area (TPSA) is 93.7 Å². The molecular formula is C22H28N2O5. The van der Waals surface area contributed by atoms with Crippen LogP contribution in [0.2, 0.25) is 0 Å². The van der Waals surface area contributed by atoms with Gasteiger partial charge in [-0.1, -0.05) is 0 Å². The second-order valence-corrected chi connectivity index (χ2v) is 7.78. The van der Waals surface area contributed by atoms with E-state index in [4.69, 9.17) is 9.47 Å². The summed E-state index contributed by atoms with van der Waals surface area (Å²) in [5.74, 6) is 0.739. The number of alkyl carbamates (subject to hydrolysis) is 1. The first-order valence-corrected chi connectivity index (χ1v) is 9.47. The minimum atomic E-state index is -0.904. The molecule has 2 aliphatic rings. The van der Waals surface area contributed by atoms with Gasteiger partial charge in [-0.15, -0.1) is 0 Å². The van der Waals surface area contributed by atoms with E-state index in [1.165, 1.54) is 7.11 Å². The fraction of sp³-hybridized carbons (Fsp3) is 0.409. The number of rotatable bonds is 8. The van der Waals surface area contributed by atoms with Crippen molar-refractivity contribution in [3.8, 4) is 0 Å². The van der Waals surface area contributed by atoms with Crippen LogP contribution in [0.1, 0.15) is 33.6 Å². The van der Waals surface area contributed by atoms with Crippen molar-refractivity contribution in [3.63, 3.8) is 0 Å². The minimum Gasteiger partial charge on any atom is -0.467 e. The van der Waals surface area contributed by atoms with Crippen molar-refractivity contribution in [3.05, 3.63) is 63.2 Å². The van der Waals surface area contributed by atoms with Gasteiger partial charge in [0.15, 0.2) is 0 Å². The van der Waals surface area contributed by atoms with Crippen LogP contribution in [0.25, 0.3) is 0 Å². The highest BCUT2D eigenvalue weighted by atomic mass is 16.6. The molecule has 2 N–H and O–H groups in total. The van der Waals surface area contributed by atoms with E-state index in [0.29, 0.717) is 6.42 Å². The molecule has 0 unspecified atom stereocenters. The number of carbonyl (C=O) groups excluding carboxylic acids is 3. The van der Waals surface area contributed by atoms with Crippen LogP contribution >= 0.6 is 0 Å².